The van der Waals surface area contributed by atoms with Gasteiger partial charge >= 0.3 is 0 Å². The maximum Gasteiger partial charge on any atom is 0.254 e. The molecule has 19 heavy (non-hydrogen) atoms. The highest BCUT2D eigenvalue weighted by Crippen LogP contribution is 2.26. The van der Waals surface area contributed by atoms with Crippen molar-refractivity contribution in [3.8, 4) is 0 Å². The van der Waals surface area contributed by atoms with Crippen LogP contribution in [0.15, 0.2) is 23.1 Å². The number of nitrogens with zero attached hydrogens (tertiary/aromatic N) is 2. The van der Waals surface area contributed by atoms with Crippen molar-refractivity contribution >= 4 is 21.8 Å². The van der Waals surface area contributed by atoms with Gasteiger partial charge in [0, 0.05) is 42.8 Å². The zero-order chi connectivity index (χ0) is 13.8. The summed E-state index contributed by atoms with van der Waals surface area (Å²) in [6.07, 6.45) is 5.95. The van der Waals surface area contributed by atoms with Crippen LogP contribution in [0.4, 0.5) is 0 Å². The number of carbonyl (C=O) groups is 1. The van der Waals surface area contributed by atoms with Gasteiger partial charge in [-0.2, -0.15) is 0 Å². The molecule has 4 nitrogen and oxygen atoms in total. The van der Waals surface area contributed by atoms with E-state index in [2.05, 4.69) is 15.9 Å². The molecule has 0 aromatic carbocycles. The lowest BCUT2D eigenvalue weighted by atomic mass is 9.91. The van der Waals surface area contributed by atoms with E-state index in [-0.39, 0.29) is 11.5 Å². The summed E-state index contributed by atoms with van der Waals surface area (Å²) in [5, 5.41) is 0.889. The molecular weight excluding hydrogens is 308 g/mol. The summed E-state index contributed by atoms with van der Waals surface area (Å²) in [5.41, 5.74) is 0.365. The normalized spacial score (nSPS) is 15.1. The van der Waals surface area contributed by atoms with E-state index in [9.17, 15) is 9.59 Å². The zero-order valence-corrected chi connectivity index (χ0v) is 12.7. The number of rotatable bonds is 5. The summed E-state index contributed by atoms with van der Waals surface area (Å²) in [5.74, 6) is -0.0108. The quantitative estimate of drug-likeness (QED) is 0.778. The fourth-order valence-electron chi connectivity index (χ4n) is 2.23. The van der Waals surface area contributed by atoms with Crippen LogP contribution in [0.5, 0.6) is 0 Å². The molecule has 0 unspecified atom stereocenters. The number of aromatic nitrogens is 1. The predicted octanol–water partition coefficient (Wildman–Crippen LogP) is 2.17. The van der Waals surface area contributed by atoms with E-state index in [1.807, 2.05) is 4.90 Å². The fraction of sp³-hybridized carbons (Fsp3) is 0.571. The summed E-state index contributed by atoms with van der Waals surface area (Å²) in [4.78, 5) is 26.1. The Morgan fingerprint density at radius 1 is 1.53 bits per heavy atom. The molecule has 1 aromatic rings. The number of halogens is 1. The molecule has 0 aliphatic heterocycles. The first-order valence-electron chi connectivity index (χ1n) is 6.67. The molecule has 1 fully saturated rings. The molecule has 5 heteroatoms. The molecule has 1 amide bonds. The standard InChI is InChI=1S/C14H19BrN2O2/c1-16-9-6-11(10-13(16)18)14(19)17(8-3-7-15)12-4-2-5-12/h6,9-10,12H,2-5,7-8H2,1H3. The highest BCUT2D eigenvalue weighted by Gasteiger charge is 2.29. The Hall–Kier alpha value is -1.10. The van der Waals surface area contributed by atoms with Gasteiger partial charge in [0.15, 0.2) is 0 Å². The Labute approximate surface area is 121 Å². The third-order valence-corrected chi connectivity index (χ3v) is 4.22. The van der Waals surface area contributed by atoms with Crippen molar-refractivity contribution in [2.75, 3.05) is 11.9 Å². The molecule has 0 radical (unpaired) electrons. The third kappa shape index (κ3) is 3.26. The molecule has 1 saturated carbocycles. The third-order valence-electron chi connectivity index (χ3n) is 3.66. The van der Waals surface area contributed by atoms with Gasteiger partial charge in [0.25, 0.3) is 11.5 Å². The van der Waals surface area contributed by atoms with Crippen molar-refractivity contribution in [3.05, 3.63) is 34.2 Å². The molecule has 0 atom stereocenters. The summed E-state index contributed by atoms with van der Waals surface area (Å²) in [6, 6.07) is 3.52. The van der Waals surface area contributed by atoms with Gasteiger partial charge in [-0.25, -0.2) is 0 Å². The van der Waals surface area contributed by atoms with Crippen molar-refractivity contribution in [2.45, 2.75) is 31.7 Å². The Balaban J connectivity index is 2.17. The van der Waals surface area contributed by atoms with Gasteiger partial charge in [0.2, 0.25) is 0 Å². The maximum absolute atomic E-state index is 12.5. The van der Waals surface area contributed by atoms with Crippen molar-refractivity contribution < 1.29 is 4.79 Å². The van der Waals surface area contributed by atoms with Crippen LogP contribution in [-0.4, -0.2) is 33.3 Å². The second kappa shape index (κ2) is 6.37. The molecule has 1 aliphatic carbocycles. The molecule has 1 aliphatic rings. The Morgan fingerprint density at radius 3 is 2.79 bits per heavy atom. The van der Waals surface area contributed by atoms with Crippen LogP contribution in [0.2, 0.25) is 0 Å². The molecule has 1 heterocycles. The number of aryl methyl sites for hydroxylation is 1. The molecule has 1 aromatic heterocycles. The van der Waals surface area contributed by atoms with E-state index in [1.165, 1.54) is 17.1 Å². The first kappa shape index (κ1) is 14.3. The van der Waals surface area contributed by atoms with Crippen molar-refractivity contribution in [3.63, 3.8) is 0 Å². The maximum atomic E-state index is 12.5. The van der Waals surface area contributed by atoms with Gasteiger partial charge in [-0.3, -0.25) is 9.59 Å². The first-order valence-corrected chi connectivity index (χ1v) is 7.79. The van der Waals surface area contributed by atoms with Gasteiger partial charge < -0.3 is 9.47 Å². The predicted molar refractivity (Wildman–Crippen MR) is 78.8 cm³/mol. The summed E-state index contributed by atoms with van der Waals surface area (Å²) in [6.45, 7) is 0.754. The number of hydrogen-bond donors (Lipinski definition) is 0. The van der Waals surface area contributed by atoms with Gasteiger partial charge in [0.1, 0.15) is 0 Å². The average Bonchev–Trinajstić information content (AvgIpc) is 2.34. The molecule has 0 N–H and O–H groups in total. The number of carbonyl (C=O) groups excluding carboxylic acids is 1. The van der Waals surface area contributed by atoms with Crippen molar-refractivity contribution in [1.29, 1.82) is 0 Å². The highest BCUT2D eigenvalue weighted by molar-refractivity contribution is 9.09. The second-order valence-electron chi connectivity index (χ2n) is 4.99. The van der Waals surface area contributed by atoms with Gasteiger partial charge in [0.05, 0.1) is 0 Å². The van der Waals surface area contributed by atoms with Crippen LogP contribution >= 0.6 is 15.9 Å². The van der Waals surface area contributed by atoms with Crippen LogP contribution < -0.4 is 5.56 Å². The van der Waals surface area contributed by atoms with Crippen molar-refractivity contribution in [1.82, 2.24) is 9.47 Å². The molecule has 0 bridgehead atoms. The molecule has 0 saturated heterocycles. The van der Waals surface area contributed by atoms with Crippen molar-refractivity contribution in [2.24, 2.45) is 7.05 Å². The van der Waals surface area contributed by atoms with Gasteiger partial charge in [-0.05, 0) is 31.7 Å². The van der Waals surface area contributed by atoms with Crippen LogP contribution in [0.3, 0.4) is 0 Å². The van der Waals surface area contributed by atoms with Crippen LogP contribution in [0.1, 0.15) is 36.0 Å². The molecule has 104 valence electrons. The van der Waals surface area contributed by atoms with E-state index in [1.54, 1.807) is 19.3 Å². The topological polar surface area (TPSA) is 42.3 Å². The molecular formula is C14H19BrN2O2. The number of alkyl halides is 1. The SMILES string of the molecule is Cn1ccc(C(=O)N(CCCBr)C2CCC2)cc1=O. The van der Waals surface area contributed by atoms with Crippen LogP contribution in [0.25, 0.3) is 0 Å². The number of amides is 1. The van der Waals surface area contributed by atoms with Crippen LogP contribution in [0, 0.1) is 0 Å². The van der Waals surface area contributed by atoms with E-state index in [0.717, 1.165) is 31.1 Å². The fourth-order valence-corrected chi connectivity index (χ4v) is 2.48. The van der Waals surface area contributed by atoms with Crippen LogP contribution in [-0.2, 0) is 7.05 Å². The Morgan fingerprint density at radius 2 is 2.26 bits per heavy atom. The highest BCUT2D eigenvalue weighted by atomic mass is 79.9. The Bertz CT molecular complexity index is 508. The van der Waals surface area contributed by atoms with E-state index >= 15 is 0 Å². The number of hydrogen-bond acceptors (Lipinski definition) is 2. The lowest BCUT2D eigenvalue weighted by Crippen LogP contribution is -2.45. The smallest absolute Gasteiger partial charge is 0.254 e. The Kier molecular flexibility index (Phi) is 4.80. The summed E-state index contributed by atoms with van der Waals surface area (Å²) < 4.78 is 1.48. The monoisotopic (exact) mass is 326 g/mol. The van der Waals surface area contributed by atoms with Gasteiger partial charge in [-0.15, -0.1) is 0 Å². The molecule has 2 rings (SSSR count). The minimum absolute atomic E-state index is 0.0108. The van der Waals surface area contributed by atoms with Gasteiger partial charge in [-0.1, -0.05) is 15.9 Å². The lowest BCUT2D eigenvalue weighted by Gasteiger charge is -2.37. The number of pyridine rings is 1. The zero-order valence-electron chi connectivity index (χ0n) is 11.1. The minimum Gasteiger partial charge on any atom is -0.336 e. The van der Waals surface area contributed by atoms with E-state index in [0.29, 0.717) is 11.6 Å². The largest absolute Gasteiger partial charge is 0.336 e. The summed E-state index contributed by atoms with van der Waals surface area (Å²) >= 11 is 3.40. The lowest BCUT2D eigenvalue weighted by molar-refractivity contribution is 0.0581. The summed E-state index contributed by atoms with van der Waals surface area (Å²) in [7, 11) is 1.69. The second-order valence-corrected chi connectivity index (χ2v) is 5.78. The minimum atomic E-state index is -0.139. The molecule has 0 spiro atoms. The average molecular weight is 327 g/mol. The first-order chi connectivity index (χ1) is 9.13. The van der Waals surface area contributed by atoms with E-state index < -0.39 is 0 Å². The van der Waals surface area contributed by atoms with E-state index in [4.69, 9.17) is 0 Å².